The fourth-order valence-corrected chi connectivity index (χ4v) is 5.20. The maximum Gasteiger partial charge on any atom is 0.223 e. The summed E-state index contributed by atoms with van der Waals surface area (Å²) in [7, 11) is 1.67. The molecule has 0 fully saturated rings. The number of hydrogen-bond acceptors (Lipinski definition) is 6. The number of pyridine rings is 1. The molecule has 38 heavy (non-hydrogen) atoms. The average Bonchev–Trinajstić information content (AvgIpc) is 3.45. The number of carbonyl (C=O) groups excluding carboxylic acids is 1. The Hall–Kier alpha value is -4.13. The molecule has 2 aromatic heterocycles. The number of rotatable bonds is 9. The summed E-state index contributed by atoms with van der Waals surface area (Å²) in [6, 6.07) is 14.3. The highest BCUT2D eigenvalue weighted by Crippen LogP contribution is 2.42. The molecule has 2 aromatic carbocycles. The molecule has 4 aromatic rings. The van der Waals surface area contributed by atoms with Crippen molar-refractivity contribution in [1.82, 2.24) is 14.9 Å². The summed E-state index contributed by atoms with van der Waals surface area (Å²) in [5.74, 6) is 1.49. The predicted molar refractivity (Wildman–Crippen MR) is 144 cm³/mol. The van der Waals surface area contributed by atoms with Crippen LogP contribution in [0.4, 0.5) is 0 Å². The van der Waals surface area contributed by atoms with Crippen molar-refractivity contribution in [3.8, 4) is 11.5 Å². The van der Waals surface area contributed by atoms with Gasteiger partial charge in [0.05, 0.1) is 25.5 Å². The highest BCUT2D eigenvalue weighted by Gasteiger charge is 2.34. The standard InChI is InChI=1S/C31H33N3O4/c1-21-6-8-26(22(2)15-21)31-27-17-29(38-14-11-23-5-4-12-32-18-23)28(36-3)16-24(27)10-13-34(31)30(35)9-7-25-19-37-20-33-25/h4-6,8,12,15-20,31H,7,9-11,13-14H2,1-3H3. The molecule has 1 unspecified atom stereocenters. The smallest absolute Gasteiger partial charge is 0.223 e. The van der Waals surface area contributed by atoms with Gasteiger partial charge in [-0.3, -0.25) is 9.78 Å². The van der Waals surface area contributed by atoms with Crippen LogP contribution in [0, 0.1) is 13.8 Å². The molecule has 0 spiro atoms. The minimum atomic E-state index is -0.212. The van der Waals surface area contributed by atoms with Crippen LogP contribution < -0.4 is 9.47 Å². The third kappa shape index (κ3) is 5.57. The van der Waals surface area contributed by atoms with Gasteiger partial charge in [0, 0.05) is 38.2 Å². The molecular formula is C31H33N3O4. The van der Waals surface area contributed by atoms with Crippen molar-refractivity contribution in [1.29, 1.82) is 0 Å². The Kier molecular flexibility index (Phi) is 7.73. The lowest BCUT2D eigenvalue weighted by atomic mass is 9.85. The normalized spacial score (nSPS) is 14.7. The van der Waals surface area contributed by atoms with E-state index in [1.54, 1.807) is 19.6 Å². The number of nitrogens with zero attached hydrogens (tertiary/aromatic N) is 3. The lowest BCUT2D eigenvalue weighted by Crippen LogP contribution is -2.41. The Bertz CT molecular complexity index is 1390. The van der Waals surface area contributed by atoms with E-state index >= 15 is 0 Å². The van der Waals surface area contributed by atoms with Crippen LogP contribution in [-0.4, -0.2) is 41.0 Å². The highest BCUT2D eigenvalue weighted by atomic mass is 16.5. The molecule has 1 aliphatic heterocycles. The number of hydrogen-bond donors (Lipinski definition) is 0. The molecule has 5 rings (SSSR count). The topological polar surface area (TPSA) is 77.7 Å². The third-order valence-corrected chi connectivity index (χ3v) is 7.14. The van der Waals surface area contributed by atoms with Gasteiger partial charge in [-0.25, -0.2) is 4.98 Å². The zero-order valence-corrected chi connectivity index (χ0v) is 22.1. The van der Waals surface area contributed by atoms with E-state index in [1.807, 2.05) is 23.2 Å². The number of fused-ring (bicyclic) bond motifs is 1. The predicted octanol–water partition coefficient (Wildman–Crippen LogP) is 5.42. The molecule has 3 heterocycles. The van der Waals surface area contributed by atoms with Crippen LogP contribution in [0.25, 0.3) is 0 Å². The first-order chi connectivity index (χ1) is 18.5. The van der Waals surface area contributed by atoms with Crippen molar-refractivity contribution in [2.45, 2.75) is 45.6 Å². The first kappa shape index (κ1) is 25.5. The van der Waals surface area contributed by atoms with Crippen LogP contribution in [0.3, 0.4) is 0 Å². The van der Waals surface area contributed by atoms with Crippen molar-refractivity contribution in [2.75, 3.05) is 20.3 Å². The van der Waals surface area contributed by atoms with Crippen LogP contribution in [-0.2, 0) is 24.1 Å². The number of benzene rings is 2. The molecule has 0 saturated heterocycles. The summed E-state index contributed by atoms with van der Waals surface area (Å²) in [5.41, 5.74) is 7.63. The first-order valence-electron chi connectivity index (χ1n) is 13.0. The van der Waals surface area contributed by atoms with Gasteiger partial charge in [0.2, 0.25) is 5.91 Å². The second kappa shape index (κ2) is 11.5. The summed E-state index contributed by atoms with van der Waals surface area (Å²) < 4.78 is 17.1. The second-order valence-electron chi connectivity index (χ2n) is 9.74. The fraction of sp³-hybridized carbons (Fsp3) is 0.323. The molecule has 7 nitrogen and oxygen atoms in total. The van der Waals surface area contributed by atoms with Crippen LogP contribution in [0.1, 0.15) is 51.5 Å². The van der Waals surface area contributed by atoms with E-state index in [0.717, 1.165) is 40.8 Å². The van der Waals surface area contributed by atoms with E-state index in [4.69, 9.17) is 13.9 Å². The lowest BCUT2D eigenvalue weighted by Gasteiger charge is -2.39. The summed E-state index contributed by atoms with van der Waals surface area (Å²) >= 11 is 0. The van der Waals surface area contributed by atoms with Gasteiger partial charge in [-0.05, 0) is 66.3 Å². The maximum absolute atomic E-state index is 13.6. The van der Waals surface area contributed by atoms with E-state index in [1.165, 1.54) is 17.5 Å². The van der Waals surface area contributed by atoms with Crippen LogP contribution in [0.5, 0.6) is 11.5 Å². The molecule has 196 valence electrons. The molecule has 0 aliphatic carbocycles. The Morgan fingerprint density at radius 1 is 1.11 bits per heavy atom. The average molecular weight is 512 g/mol. The quantitative estimate of drug-likeness (QED) is 0.299. The molecule has 1 aliphatic rings. The Balaban J connectivity index is 1.47. The molecule has 1 atom stereocenters. The van der Waals surface area contributed by atoms with Gasteiger partial charge in [-0.1, -0.05) is 29.8 Å². The minimum Gasteiger partial charge on any atom is -0.493 e. The SMILES string of the molecule is COc1cc2c(cc1OCCc1cccnc1)C(c1ccc(C)cc1C)N(C(=O)CCc1cocn1)CC2. The zero-order valence-electron chi connectivity index (χ0n) is 22.1. The van der Waals surface area contributed by atoms with Crippen molar-refractivity contribution >= 4 is 5.91 Å². The van der Waals surface area contributed by atoms with E-state index in [9.17, 15) is 4.79 Å². The number of aromatic nitrogens is 2. The highest BCUT2D eigenvalue weighted by molar-refractivity contribution is 5.78. The number of aryl methyl sites for hydroxylation is 3. The first-order valence-corrected chi connectivity index (χ1v) is 13.0. The summed E-state index contributed by atoms with van der Waals surface area (Å²) in [4.78, 5) is 24.0. The fourth-order valence-electron chi connectivity index (χ4n) is 5.20. The molecule has 1 amide bonds. The molecule has 7 heteroatoms. The van der Waals surface area contributed by atoms with Crippen molar-refractivity contribution in [3.63, 3.8) is 0 Å². The van der Waals surface area contributed by atoms with Gasteiger partial charge in [0.25, 0.3) is 0 Å². The summed E-state index contributed by atoms with van der Waals surface area (Å²) in [5, 5.41) is 0. The molecule has 0 saturated carbocycles. The van der Waals surface area contributed by atoms with Crippen molar-refractivity contribution < 1.29 is 18.7 Å². The summed E-state index contributed by atoms with van der Waals surface area (Å²) in [6.45, 7) is 5.33. The zero-order chi connectivity index (χ0) is 26.5. The molecule has 0 N–H and O–H groups in total. The minimum absolute atomic E-state index is 0.0958. The van der Waals surface area contributed by atoms with E-state index in [0.29, 0.717) is 37.5 Å². The maximum atomic E-state index is 13.6. The van der Waals surface area contributed by atoms with Crippen LogP contribution >= 0.6 is 0 Å². The number of methoxy groups -OCH3 is 1. The lowest BCUT2D eigenvalue weighted by molar-refractivity contribution is -0.133. The summed E-state index contributed by atoms with van der Waals surface area (Å²) in [6.07, 6.45) is 9.02. The van der Waals surface area contributed by atoms with Gasteiger partial charge in [0.1, 0.15) is 6.26 Å². The van der Waals surface area contributed by atoms with Crippen molar-refractivity contribution in [2.24, 2.45) is 0 Å². The monoisotopic (exact) mass is 511 g/mol. The van der Waals surface area contributed by atoms with Crippen LogP contribution in [0.15, 0.2) is 71.9 Å². The molecule has 0 bridgehead atoms. The van der Waals surface area contributed by atoms with Gasteiger partial charge in [0.15, 0.2) is 17.9 Å². The van der Waals surface area contributed by atoms with Gasteiger partial charge in [-0.2, -0.15) is 0 Å². The number of ether oxygens (including phenoxy) is 2. The van der Waals surface area contributed by atoms with E-state index < -0.39 is 0 Å². The van der Waals surface area contributed by atoms with Crippen LogP contribution in [0.2, 0.25) is 0 Å². The number of amides is 1. The second-order valence-corrected chi connectivity index (χ2v) is 9.74. The Morgan fingerprint density at radius 3 is 2.74 bits per heavy atom. The molecular weight excluding hydrogens is 478 g/mol. The Morgan fingerprint density at radius 2 is 2.00 bits per heavy atom. The van der Waals surface area contributed by atoms with E-state index in [2.05, 4.69) is 54.1 Å². The third-order valence-electron chi connectivity index (χ3n) is 7.14. The van der Waals surface area contributed by atoms with Gasteiger partial charge >= 0.3 is 0 Å². The Labute approximate surface area is 223 Å². The number of carbonyl (C=O) groups is 1. The van der Waals surface area contributed by atoms with E-state index in [-0.39, 0.29) is 11.9 Å². The van der Waals surface area contributed by atoms with Gasteiger partial charge < -0.3 is 18.8 Å². The van der Waals surface area contributed by atoms with Gasteiger partial charge in [-0.15, -0.1) is 0 Å². The number of oxazole rings is 1. The molecule has 0 radical (unpaired) electrons. The van der Waals surface area contributed by atoms with Crippen molar-refractivity contribution in [3.05, 3.63) is 107 Å². The largest absolute Gasteiger partial charge is 0.493 e.